The molecule has 1 aromatic rings. The van der Waals surface area contributed by atoms with Crippen LogP contribution in [-0.2, 0) is 9.53 Å². The number of hydrogen-bond donors (Lipinski definition) is 1. The molecule has 1 unspecified atom stereocenters. The van der Waals surface area contributed by atoms with Crippen LogP contribution >= 0.6 is 11.6 Å². The lowest BCUT2D eigenvalue weighted by molar-refractivity contribution is -0.384. The fourth-order valence-electron chi connectivity index (χ4n) is 1.66. The number of benzene rings is 1. The van der Waals surface area contributed by atoms with Crippen molar-refractivity contribution < 1.29 is 19.2 Å². The van der Waals surface area contributed by atoms with Gasteiger partial charge in [0.05, 0.1) is 12.0 Å². The van der Waals surface area contributed by atoms with E-state index in [0.717, 1.165) is 12.1 Å². The second-order valence-corrected chi connectivity index (χ2v) is 5.11. The standard InChI is InChI=1S/C13H15ClN2O5/c1-7(2)11(13(18)21-3)15-12(17)8-4-9(14)6-10(5-8)16(19)20/h4-7,11H,1-3H3,(H,15,17). The Morgan fingerprint density at radius 3 is 2.43 bits per heavy atom. The Bertz CT molecular complexity index is 574. The third-order valence-electron chi connectivity index (χ3n) is 2.76. The summed E-state index contributed by atoms with van der Waals surface area (Å²) in [7, 11) is 1.22. The van der Waals surface area contributed by atoms with Crippen molar-refractivity contribution in [3.8, 4) is 0 Å². The topological polar surface area (TPSA) is 98.5 Å². The van der Waals surface area contributed by atoms with Crippen LogP contribution in [0.2, 0.25) is 5.02 Å². The zero-order valence-corrected chi connectivity index (χ0v) is 12.5. The van der Waals surface area contributed by atoms with Crippen LogP contribution < -0.4 is 5.32 Å². The number of carbonyl (C=O) groups is 2. The van der Waals surface area contributed by atoms with E-state index in [1.165, 1.54) is 13.2 Å². The number of methoxy groups -OCH3 is 1. The molecular weight excluding hydrogens is 300 g/mol. The van der Waals surface area contributed by atoms with Gasteiger partial charge in [-0.3, -0.25) is 14.9 Å². The van der Waals surface area contributed by atoms with Gasteiger partial charge in [-0.2, -0.15) is 0 Å². The lowest BCUT2D eigenvalue weighted by Gasteiger charge is -2.19. The van der Waals surface area contributed by atoms with Gasteiger partial charge < -0.3 is 10.1 Å². The lowest BCUT2D eigenvalue weighted by atomic mass is 10.0. The minimum Gasteiger partial charge on any atom is -0.467 e. The average molecular weight is 315 g/mol. The number of hydrogen-bond acceptors (Lipinski definition) is 5. The molecule has 1 amide bonds. The van der Waals surface area contributed by atoms with E-state index in [4.69, 9.17) is 11.6 Å². The Kier molecular flexibility index (Phi) is 5.66. The summed E-state index contributed by atoms with van der Waals surface area (Å²) in [5.74, 6) is -1.42. The number of ether oxygens (including phenoxy) is 1. The highest BCUT2D eigenvalue weighted by atomic mass is 35.5. The fourth-order valence-corrected chi connectivity index (χ4v) is 1.89. The molecule has 0 aromatic heterocycles. The molecule has 0 spiro atoms. The van der Waals surface area contributed by atoms with Crippen LogP contribution in [0.15, 0.2) is 18.2 Å². The largest absolute Gasteiger partial charge is 0.467 e. The number of halogens is 1. The molecule has 0 saturated heterocycles. The molecule has 0 radical (unpaired) electrons. The van der Waals surface area contributed by atoms with Crippen LogP contribution in [0, 0.1) is 16.0 Å². The predicted octanol–water partition coefficient (Wildman–Crippen LogP) is 2.18. The van der Waals surface area contributed by atoms with E-state index in [1.807, 2.05) is 0 Å². The molecule has 0 aliphatic rings. The third kappa shape index (κ3) is 4.42. The highest BCUT2D eigenvalue weighted by molar-refractivity contribution is 6.31. The van der Waals surface area contributed by atoms with Gasteiger partial charge in [0.25, 0.3) is 11.6 Å². The summed E-state index contributed by atoms with van der Waals surface area (Å²) in [6.45, 7) is 3.48. The van der Waals surface area contributed by atoms with Crippen LogP contribution in [0.25, 0.3) is 0 Å². The molecule has 0 heterocycles. The summed E-state index contributed by atoms with van der Waals surface area (Å²) in [4.78, 5) is 33.8. The summed E-state index contributed by atoms with van der Waals surface area (Å²) in [5, 5.41) is 13.3. The first-order chi connectivity index (χ1) is 9.76. The SMILES string of the molecule is COC(=O)C(NC(=O)c1cc(Cl)cc([N+](=O)[O-])c1)C(C)C. The van der Waals surface area contributed by atoms with Crippen molar-refractivity contribution in [2.24, 2.45) is 5.92 Å². The summed E-state index contributed by atoms with van der Waals surface area (Å²) in [5.41, 5.74) is -0.296. The van der Waals surface area contributed by atoms with Crippen LogP contribution in [0.5, 0.6) is 0 Å². The number of nitro groups is 1. The Hall–Kier alpha value is -2.15. The molecule has 0 aliphatic carbocycles. The molecular formula is C13H15ClN2O5. The number of non-ortho nitro benzene ring substituents is 1. The average Bonchev–Trinajstić information content (AvgIpc) is 2.42. The first-order valence-electron chi connectivity index (χ1n) is 6.10. The molecule has 0 aliphatic heterocycles. The molecule has 0 bridgehead atoms. The zero-order chi connectivity index (χ0) is 16.2. The second-order valence-electron chi connectivity index (χ2n) is 4.67. The first-order valence-corrected chi connectivity index (χ1v) is 6.47. The minimum absolute atomic E-state index is 0.00348. The molecule has 1 rings (SSSR count). The monoisotopic (exact) mass is 314 g/mol. The Morgan fingerprint density at radius 1 is 1.33 bits per heavy atom. The van der Waals surface area contributed by atoms with Gasteiger partial charge in [0, 0.05) is 22.7 Å². The number of carbonyl (C=O) groups excluding carboxylic acids is 2. The van der Waals surface area contributed by atoms with Crippen LogP contribution in [0.3, 0.4) is 0 Å². The maximum atomic E-state index is 12.1. The quantitative estimate of drug-likeness (QED) is 0.510. The number of rotatable bonds is 5. The molecule has 1 atom stereocenters. The van der Waals surface area contributed by atoms with Gasteiger partial charge in [0.15, 0.2) is 0 Å². The van der Waals surface area contributed by atoms with Crippen molar-refractivity contribution in [2.45, 2.75) is 19.9 Å². The maximum Gasteiger partial charge on any atom is 0.328 e. The van der Waals surface area contributed by atoms with E-state index in [1.54, 1.807) is 13.8 Å². The highest BCUT2D eigenvalue weighted by Gasteiger charge is 2.26. The van der Waals surface area contributed by atoms with Gasteiger partial charge in [-0.15, -0.1) is 0 Å². The minimum atomic E-state index is -0.847. The van der Waals surface area contributed by atoms with Gasteiger partial charge in [0.1, 0.15) is 6.04 Å². The summed E-state index contributed by atoms with van der Waals surface area (Å²) < 4.78 is 4.61. The van der Waals surface area contributed by atoms with E-state index in [0.29, 0.717) is 0 Å². The molecule has 7 nitrogen and oxygen atoms in total. The van der Waals surface area contributed by atoms with Gasteiger partial charge in [-0.1, -0.05) is 25.4 Å². The fraction of sp³-hybridized carbons (Fsp3) is 0.385. The number of nitrogens with one attached hydrogen (secondary N) is 1. The van der Waals surface area contributed by atoms with Gasteiger partial charge in [-0.25, -0.2) is 4.79 Å². The summed E-state index contributed by atoms with van der Waals surface area (Å²) in [6.07, 6.45) is 0. The number of amides is 1. The van der Waals surface area contributed by atoms with E-state index in [9.17, 15) is 19.7 Å². The molecule has 21 heavy (non-hydrogen) atoms. The van der Waals surface area contributed by atoms with E-state index in [-0.39, 0.29) is 22.2 Å². The Labute approximate surface area is 126 Å². The second kappa shape index (κ2) is 7.03. The van der Waals surface area contributed by atoms with Crippen molar-refractivity contribution in [3.05, 3.63) is 38.9 Å². The van der Waals surface area contributed by atoms with Crippen molar-refractivity contribution in [1.29, 1.82) is 0 Å². The predicted molar refractivity (Wildman–Crippen MR) is 76.2 cm³/mol. The Balaban J connectivity index is 3.03. The van der Waals surface area contributed by atoms with Crippen LogP contribution in [0.1, 0.15) is 24.2 Å². The van der Waals surface area contributed by atoms with Crippen LogP contribution in [-0.4, -0.2) is 30.0 Å². The van der Waals surface area contributed by atoms with E-state index in [2.05, 4.69) is 10.1 Å². The first kappa shape index (κ1) is 16.9. The molecule has 0 saturated carbocycles. The summed E-state index contributed by atoms with van der Waals surface area (Å²) >= 11 is 5.75. The number of nitrogens with zero attached hydrogens (tertiary/aromatic N) is 1. The molecule has 8 heteroatoms. The van der Waals surface area contributed by atoms with Crippen LogP contribution in [0.4, 0.5) is 5.69 Å². The maximum absolute atomic E-state index is 12.1. The summed E-state index contributed by atoms with van der Waals surface area (Å²) in [6, 6.07) is 2.67. The third-order valence-corrected chi connectivity index (χ3v) is 2.98. The zero-order valence-electron chi connectivity index (χ0n) is 11.8. The molecule has 1 N–H and O–H groups in total. The normalized spacial score (nSPS) is 11.9. The van der Waals surface area contributed by atoms with Crippen molar-refractivity contribution in [1.82, 2.24) is 5.32 Å². The van der Waals surface area contributed by atoms with Crippen molar-refractivity contribution in [3.63, 3.8) is 0 Å². The van der Waals surface area contributed by atoms with E-state index >= 15 is 0 Å². The van der Waals surface area contributed by atoms with Gasteiger partial charge in [0.2, 0.25) is 0 Å². The Morgan fingerprint density at radius 2 is 1.95 bits per heavy atom. The van der Waals surface area contributed by atoms with Gasteiger partial charge in [-0.05, 0) is 12.0 Å². The van der Waals surface area contributed by atoms with Crippen molar-refractivity contribution >= 4 is 29.2 Å². The lowest BCUT2D eigenvalue weighted by Crippen LogP contribution is -2.45. The van der Waals surface area contributed by atoms with Gasteiger partial charge >= 0.3 is 5.97 Å². The molecule has 0 fully saturated rings. The molecule has 114 valence electrons. The van der Waals surface area contributed by atoms with E-state index < -0.39 is 22.8 Å². The molecule has 1 aromatic carbocycles. The smallest absolute Gasteiger partial charge is 0.328 e. The number of nitro benzene ring substituents is 1. The number of esters is 1. The highest BCUT2D eigenvalue weighted by Crippen LogP contribution is 2.21. The van der Waals surface area contributed by atoms with Crippen molar-refractivity contribution in [2.75, 3.05) is 7.11 Å².